The Morgan fingerprint density at radius 3 is 2.39 bits per heavy atom. The molecule has 2 bridgehead atoms. The highest BCUT2D eigenvalue weighted by atomic mass is 16.7. The average molecular weight is 258 g/mol. The summed E-state index contributed by atoms with van der Waals surface area (Å²) < 4.78 is 24.0. The SMILES string of the molecule is CC(C)OC[C@]12CO[C@H]([C@H](C)O1)[C@@]2(C)OC(C)C. The first-order valence-corrected chi connectivity index (χ1v) is 6.89. The van der Waals surface area contributed by atoms with E-state index in [1.807, 2.05) is 34.6 Å². The van der Waals surface area contributed by atoms with Crippen LogP contribution in [0.2, 0.25) is 0 Å². The van der Waals surface area contributed by atoms with Crippen LogP contribution in [0.25, 0.3) is 0 Å². The van der Waals surface area contributed by atoms with Crippen LogP contribution in [0, 0.1) is 0 Å². The zero-order chi connectivity index (χ0) is 13.6. The molecule has 2 heterocycles. The van der Waals surface area contributed by atoms with Gasteiger partial charge in [0.1, 0.15) is 17.3 Å². The van der Waals surface area contributed by atoms with E-state index in [4.69, 9.17) is 18.9 Å². The van der Waals surface area contributed by atoms with E-state index in [1.54, 1.807) is 0 Å². The van der Waals surface area contributed by atoms with Crippen molar-refractivity contribution in [2.75, 3.05) is 13.2 Å². The van der Waals surface area contributed by atoms with Crippen LogP contribution in [0.4, 0.5) is 0 Å². The third-order valence-corrected chi connectivity index (χ3v) is 3.91. The maximum atomic E-state index is 6.16. The van der Waals surface area contributed by atoms with Gasteiger partial charge >= 0.3 is 0 Å². The van der Waals surface area contributed by atoms with Crippen molar-refractivity contribution in [1.29, 1.82) is 0 Å². The van der Waals surface area contributed by atoms with Crippen LogP contribution in [0.5, 0.6) is 0 Å². The number of hydrogen-bond acceptors (Lipinski definition) is 4. The first-order valence-electron chi connectivity index (χ1n) is 6.89. The molecule has 0 saturated carbocycles. The van der Waals surface area contributed by atoms with E-state index in [1.165, 1.54) is 0 Å². The third-order valence-electron chi connectivity index (χ3n) is 3.91. The van der Waals surface area contributed by atoms with E-state index < -0.39 is 11.2 Å². The molecule has 0 aromatic rings. The molecule has 0 N–H and O–H groups in total. The van der Waals surface area contributed by atoms with Gasteiger partial charge in [0.15, 0.2) is 0 Å². The zero-order valence-electron chi connectivity index (χ0n) is 12.4. The van der Waals surface area contributed by atoms with Crippen molar-refractivity contribution in [2.24, 2.45) is 0 Å². The molecule has 0 amide bonds. The maximum Gasteiger partial charge on any atom is 0.146 e. The fraction of sp³-hybridized carbons (Fsp3) is 1.00. The smallest absolute Gasteiger partial charge is 0.146 e. The summed E-state index contributed by atoms with van der Waals surface area (Å²) in [6.45, 7) is 13.4. The molecule has 2 aliphatic rings. The van der Waals surface area contributed by atoms with Gasteiger partial charge in [0.05, 0.1) is 31.5 Å². The van der Waals surface area contributed by atoms with Crippen LogP contribution < -0.4 is 0 Å². The van der Waals surface area contributed by atoms with Gasteiger partial charge in [-0.25, -0.2) is 0 Å². The van der Waals surface area contributed by atoms with E-state index in [0.29, 0.717) is 13.2 Å². The lowest BCUT2D eigenvalue weighted by molar-refractivity contribution is -0.192. The Morgan fingerprint density at radius 1 is 1.22 bits per heavy atom. The maximum absolute atomic E-state index is 6.16. The molecule has 0 aromatic heterocycles. The number of rotatable bonds is 5. The van der Waals surface area contributed by atoms with Crippen molar-refractivity contribution in [3.05, 3.63) is 0 Å². The van der Waals surface area contributed by atoms with Gasteiger partial charge < -0.3 is 18.9 Å². The Labute approximate surface area is 110 Å². The monoisotopic (exact) mass is 258 g/mol. The van der Waals surface area contributed by atoms with Crippen molar-refractivity contribution >= 4 is 0 Å². The van der Waals surface area contributed by atoms with E-state index in [9.17, 15) is 0 Å². The fourth-order valence-electron chi connectivity index (χ4n) is 3.12. The lowest BCUT2D eigenvalue weighted by atomic mass is 9.85. The van der Waals surface area contributed by atoms with Gasteiger partial charge in [-0.3, -0.25) is 0 Å². The molecule has 106 valence electrons. The van der Waals surface area contributed by atoms with Crippen molar-refractivity contribution in [3.8, 4) is 0 Å². The predicted octanol–water partition coefficient (Wildman–Crippen LogP) is 2.15. The summed E-state index contributed by atoms with van der Waals surface area (Å²) in [6.07, 6.45) is 0.377. The summed E-state index contributed by atoms with van der Waals surface area (Å²) in [6, 6.07) is 0. The Morgan fingerprint density at radius 2 is 1.89 bits per heavy atom. The van der Waals surface area contributed by atoms with Crippen LogP contribution in [0.3, 0.4) is 0 Å². The second-order valence-corrected chi connectivity index (χ2v) is 6.18. The fourth-order valence-corrected chi connectivity index (χ4v) is 3.12. The standard InChI is InChI=1S/C14H26O4/c1-9(2)15-7-14-8-16-12(11(5)18-14)13(14,6)17-10(3)4/h9-12H,7-8H2,1-6H3/t11-,12+,13+,14+/m0/s1. The van der Waals surface area contributed by atoms with Crippen molar-refractivity contribution < 1.29 is 18.9 Å². The number of ether oxygens (including phenoxy) is 4. The molecule has 0 unspecified atom stereocenters. The summed E-state index contributed by atoms with van der Waals surface area (Å²) in [7, 11) is 0. The second-order valence-electron chi connectivity index (χ2n) is 6.18. The van der Waals surface area contributed by atoms with Crippen molar-refractivity contribution in [2.45, 2.75) is 77.2 Å². The Balaban J connectivity index is 2.20. The van der Waals surface area contributed by atoms with Gasteiger partial charge in [0, 0.05) is 0 Å². The first kappa shape index (κ1) is 14.3. The molecule has 18 heavy (non-hydrogen) atoms. The lowest BCUT2D eigenvalue weighted by Crippen LogP contribution is -2.56. The minimum Gasteiger partial charge on any atom is -0.376 e. The van der Waals surface area contributed by atoms with E-state index in [-0.39, 0.29) is 24.4 Å². The summed E-state index contributed by atoms with van der Waals surface area (Å²) in [4.78, 5) is 0. The summed E-state index contributed by atoms with van der Waals surface area (Å²) in [5, 5.41) is 0. The minimum absolute atomic E-state index is 0.00402. The largest absolute Gasteiger partial charge is 0.376 e. The van der Waals surface area contributed by atoms with Gasteiger partial charge in [0.25, 0.3) is 0 Å². The molecule has 2 aliphatic heterocycles. The van der Waals surface area contributed by atoms with Crippen LogP contribution in [0.15, 0.2) is 0 Å². The Kier molecular flexibility index (Phi) is 3.76. The van der Waals surface area contributed by atoms with Crippen LogP contribution in [-0.4, -0.2) is 48.8 Å². The molecule has 2 fully saturated rings. The summed E-state index contributed by atoms with van der Waals surface area (Å²) in [5.74, 6) is 0. The average Bonchev–Trinajstić information content (AvgIpc) is 2.60. The molecular formula is C14H26O4. The van der Waals surface area contributed by atoms with Gasteiger partial charge in [0.2, 0.25) is 0 Å². The summed E-state index contributed by atoms with van der Waals surface area (Å²) in [5.41, 5.74) is -0.888. The molecular weight excluding hydrogens is 232 g/mol. The van der Waals surface area contributed by atoms with E-state index in [2.05, 4.69) is 6.92 Å². The highest BCUT2D eigenvalue weighted by Crippen LogP contribution is 2.50. The molecule has 0 aliphatic carbocycles. The third kappa shape index (κ3) is 2.09. The second kappa shape index (κ2) is 4.75. The zero-order valence-corrected chi connectivity index (χ0v) is 12.4. The summed E-state index contributed by atoms with van der Waals surface area (Å²) >= 11 is 0. The van der Waals surface area contributed by atoms with Crippen molar-refractivity contribution in [3.63, 3.8) is 0 Å². The van der Waals surface area contributed by atoms with Crippen LogP contribution in [0.1, 0.15) is 41.5 Å². The van der Waals surface area contributed by atoms with Gasteiger partial charge in [-0.05, 0) is 41.5 Å². The van der Waals surface area contributed by atoms with Crippen molar-refractivity contribution in [1.82, 2.24) is 0 Å². The van der Waals surface area contributed by atoms with E-state index >= 15 is 0 Å². The van der Waals surface area contributed by atoms with Gasteiger partial charge in [-0.2, -0.15) is 0 Å². The molecule has 4 atom stereocenters. The molecule has 0 spiro atoms. The van der Waals surface area contributed by atoms with Crippen LogP contribution >= 0.6 is 0 Å². The Bertz CT molecular complexity index is 304. The molecule has 4 heteroatoms. The quantitative estimate of drug-likeness (QED) is 0.757. The highest BCUT2D eigenvalue weighted by molar-refractivity contribution is 5.17. The van der Waals surface area contributed by atoms with Gasteiger partial charge in [-0.15, -0.1) is 0 Å². The van der Waals surface area contributed by atoms with Crippen LogP contribution in [-0.2, 0) is 18.9 Å². The molecule has 2 rings (SSSR count). The molecule has 0 radical (unpaired) electrons. The number of fused-ring (bicyclic) bond motifs is 2. The predicted molar refractivity (Wildman–Crippen MR) is 68.7 cm³/mol. The topological polar surface area (TPSA) is 36.9 Å². The first-order chi connectivity index (χ1) is 8.31. The lowest BCUT2D eigenvalue weighted by Gasteiger charge is -2.38. The highest BCUT2D eigenvalue weighted by Gasteiger charge is 2.69. The molecule has 2 saturated heterocycles. The van der Waals surface area contributed by atoms with E-state index in [0.717, 1.165) is 0 Å². The minimum atomic E-state index is -0.467. The molecule has 0 aromatic carbocycles. The molecule has 4 nitrogen and oxygen atoms in total. The number of hydrogen-bond donors (Lipinski definition) is 0. The Hall–Kier alpha value is -0.160. The van der Waals surface area contributed by atoms with Gasteiger partial charge in [-0.1, -0.05) is 0 Å². The normalized spacial score (nSPS) is 43.3.